The average Bonchev–Trinajstić information content (AvgIpc) is 2.95. The molecule has 0 saturated carbocycles. The Bertz CT molecular complexity index is 1110. The summed E-state index contributed by atoms with van der Waals surface area (Å²) in [6.45, 7) is 9.01. The molecule has 0 aliphatic rings. The third kappa shape index (κ3) is 5.50. The molecule has 1 heterocycles. The van der Waals surface area contributed by atoms with E-state index in [9.17, 15) is 14.3 Å². The quantitative estimate of drug-likeness (QED) is 0.430. The zero-order valence-corrected chi connectivity index (χ0v) is 19.5. The van der Waals surface area contributed by atoms with Gasteiger partial charge in [0.05, 0.1) is 11.7 Å². The molecule has 7 heteroatoms. The normalized spacial score (nSPS) is 11.2. The molecular weight excluding hydrogens is 431 g/mol. The van der Waals surface area contributed by atoms with Crippen molar-refractivity contribution in [1.29, 1.82) is 0 Å². The van der Waals surface area contributed by atoms with Crippen molar-refractivity contribution in [2.24, 2.45) is 0 Å². The minimum absolute atomic E-state index is 0.119. The van der Waals surface area contributed by atoms with Gasteiger partial charge in [-0.3, -0.25) is 0 Å². The average molecular weight is 459 g/mol. The number of aromatic nitrogens is 1. The summed E-state index contributed by atoms with van der Waals surface area (Å²) in [5, 5.41) is 13.5. The van der Waals surface area contributed by atoms with E-state index in [2.05, 4.69) is 5.32 Å². The van der Waals surface area contributed by atoms with Crippen molar-refractivity contribution in [3.8, 4) is 5.75 Å². The van der Waals surface area contributed by atoms with Gasteiger partial charge < -0.3 is 19.7 Å². The second-order valence-electron chi connectivity index (χ2n) is 8.07. The number of carboxylic acid groups (broad SMARTS) is 1. The molecule has 32 heavy (non-hydrogen) atoms. The summed E-state index contributed by atoms with van der Waals surface area (Å²) >= 11 is 6.19. The Morgan fingerprint density at radius 1 is 1.12 bits per heavy atom. The van der Waals surface area contributed by atoms with Crippen LogP contribution in [0.15, 0.2) is 42.5 Å². The van der Waals surface area contributed by atoms with E-state index < -0.39 is 11.8 Å². The van der Waals surface area contributed by atoms with Crippen molar-refractivity contribution >= 4 is 17.6 Å². The molecule has 2 aromatic carbocycles. The number of rotatable bonds is 9. The van der Waals surface area contributed by atoms with Crippen LogP contribution in [0.25, 0.3) is 0 Å². The number of benzene rings is 2. The summed E-state index contributed by atoms with van der Waals surface area (Å²) in [4.78, 5) is 12.0. The maximum absolute atomic E-state index is 13.4. The van der Waals surface area contributed by atoms with Gasteiger partial charge in [0, 0.05) is 41.6 Å². The summed E-state index contributed by atoms with van der Waals surface area (Å²) in [6.07, 6.45) is 0.119. The second-order valence-corrected chi connectivity index (χ2v) is 8.47. The topological polar surface area (TPSA) is 63.5 Å². The van der Waals surface area contributed by atoms with Gasteiger partial charge in [-0.05, 0) is 63.1 Å². The molecule has 5 nitrogen and oxygen atoms in total. The lowest BCUT2D eigenvalue weighted by molar-refractivity contribution is 0.0694. The van der Waals surface area contributed by atoms with Crippen molar-refractivity contribution in [3.05, 3.63) is 86.9 Å². The molecule has 0 unspecified atom stereocenters. The Hall–Kier alpha value is -2.83. The van der Waals surface area contributed by atoms with Crippen LogP contribution in [0.4, 0.5) is 4.39 Å². The van der Waals surface area contributed by atoms with Crippen molar-refractivity contribution in [1.82, 2.24) is 9.88 Å². The van der Waals surface area contributed by atoms with Gasteiger partial charge in [0.25, 0.3) is 0 Å². The van der Waals surface area contributed by atoms with Gasteiger partial charge in [0.15, 0.2) is 0 Å². The predicted octanol–water partition coefficient (Wildman–Crippen LogP) is 5.72. The minimum Gasteiger partial charge on any atom is -0.491 e. The Balaban J connectivity index is 1.77. The number of hydrogen-bond acceptors (Lipinski definition) is 3. The molecule has 1 aromatic heterocycles. The molecule has 2 N–H and O–H groups in total. The van der Waals surface area contributed by atoms with Crippen LogP contribution in [0.5, 0.6) is 5.75 Å². The maximum Gasteiger partial charge on any atom is 0.337 e. The summed E-state index contributed by atoms with van der Waals surface area (Å²) in [5.41, 5.74) is 4.30. The van der Waals surface area contributed by atoms with Crippen molar-refractivity contribution in [2.75, 3.05) is 0 Å². The van der Waals surface area contributed by atoms with Crippen LogP contribution in [-0.2, 0) is 19.6 Å². The number of aromatic carboxylic acids is 1. The lowest BCUT2D eigenvalue weighted by Crippen LogP contribution is -2.15. The molecule has 3 aromatic rings. The first-order chi connectivity index (χ1) is 15.2. The van der Waals surface area contributed by atoms with E-state index in [0.29, 0.717) is 30.4 Å². The lowest BCUT2D eigenvalue weighted by atomic mass is 10.1. The Labute approximate surface area is 192 Å². The smallest absolute Gasteiger partial charge is 0.337 e. The van der Waals surface area contributed by atoms with Crippen molar-refractivity contribution in [2.45, 2.75) is 53.4 Å². The monoisotopic (exact) mass is 458 g/mol. The van der Waals surface area contributed by atoms with Gasteiger partial charge in [0.2, 0.25) is 0 Å². The fourth-order valence-corrected chi connectivity index (χ4v) is 4.02. The summed E-state index contributed by atoms with van der Waals surface area (Å²) in [6, 6.07) is 12.1. The number of carbonyl (C=O) groups is 1. The standard InChI is InChI=1S/C25H28ClFN2O3/c1-15(2)32-21-9-5-18(6-10-21)12-28-13-22-16(3)29(17(4)24(22)25(30)31)14-19-7-8-20(27)11-23(19)26/h5-11,15,28H,12-14H2,1-4H3,(H,30,31). The third-order valence-corrected chi connectivity index (χ3v) is 5.75. The number of carboxylic acids is 1. The molecule has 0 aliphatic heterocycles. The van der Waals surface area contributed by atoms with E-state index in [4.69, 9.17) is 16.3 Å². The fraction of sp³-hybridized carbons (Fsp3) is 0.320. The zero-order chi connectivity index (χ0) is 23.4. The van der Waals surface area contributed by atoms with E-state index in [1.165, 1.54) is 12.1 Å². The SMILES string of the molecule is Cc1c(CNCc2ccc(OC(C)C)cc2)c(C(=O)O)c(C)n1Cc1ccc(F)cc1Cl. The Morgan fingerprint density at radius 3 is 2.41 bits per heavy atom. The van der Waals surface area contributed by atoms with Crippen LogP contribution < -0.4 is 10.1 Å². The van der Waals surface area contributed by atoms with Crippen molar-refractivity contribution < 1.29 is 19.0 Å². The summed E-state index contributed by atoms with van der Waals surface area (Å²) < 4.78 is 21.0. The Kier molecular flexibility index (Phi) is 7.59. The Morgan fingerprint density at radius 2 is 1.81 bits per heavy atom. The molecule has 3 rings (SSSR count). The van der Waals surface area contributed by atoms with E-state index >= 15 is 0 Å². The molecule has 0 bridgehead atoms. The summed E-state index contributed by atoms with van der Waals surface area (Å²) in [5.74, 6) is -0.555. The van der Waals surface area contributed by atoms with Crippen LogP contribution in [-0.4, -0.2) is 21.7 Å². The summed E-state index contributed by atoms with van der Waals surface area (Å²) in [7, 11) is 0. The molecular formula is C25H28ClFN2O3. The van der Waals surface area contributed by atoms with Gasteiger partial charge >= 0.3 is 5.97 Å². The van der Waals surface area contributed by atoms with Gasteiger partial charge in [-0.1, -0.05) is 29.8 Å². The lowest BCUT2D eigenvalue weighted by Gasteiger charge is -2.12. The highest BCUT2D eigenvalue weighted by Gasteiger charge is 2.22. The predicted molar refractivity (Wildman–Crippen MR) is 124 cm³/mol. The van der Waals surface area contributed by atoms with Crippen LogP contribution in [0.2, 0.25) is 5.02 Å². The number of hydrogen-bond donors (Lipinski definition) is 2. The first-order valence-corrected chi connectivity index (χ1v) is 10.9. The number of halogens is 2. The van der Waals surface area contributed by atoms with E-state index in [-0.39, 0.29) is 11.7 Å². The molecule has 0 amide bonds. The molecule has 0 radical (unpaired) electrons. The van der Waals surface area contributed by atoms with Crippen LogP contribution in [0.1, 0.15) is 52.3 Å². The van der Waals surface area contributed by atoms with Crippen molar-refractivity contribution in [3.63, 3.8) is 0 Å². The molecule has 170 valence electrons. The molecule has 0 spiro atoms. The molecule has 0 aliphatic carbocycles. The third-order valence-electron chi connectivity index (χ3n) is 5.39. The van der Waals surface area contributed by atoms with Gasteiger partial charge in [0.1, 0.15) is 11.6 Å². The number of ether oxygens (including phenoxy) is 1. The highest BCUT2D eigenvalue weighted by molar-refractivity contribution is 6.31. The molecule has 0 saturated heterocycles. The highest BCUT2D eigenvalue weighted by Crippen LogP contribution is 2.26. The van der Waals surface area contributed by atoms with E-state index in [1.807, 2.05) is 49.6 Å². The fourth-order valence-electron chi connectivity index (χ4n) is 3.80. The highest BCUT2D eigenvalue weighted by atomic mass is 35.5. The maximum atomic E-state index is 13.4. The van der Waals surface area contributed by atoms with Crippen LogP contribution in [0.3, 0.4) is 0 Å². The van der Waals surface area contributed by atoms with Gasteiger partial charge in [-0.25, -0.2) is 9.18 Å². The van der Waals surface area contributed by atoms with Gasteiger partial charge in [-0.15, -0.1) is 0 Å². The molecule has 0 fully saturated rings. The minimum atomic E-state index is -0.971. The first kappa shape index (κ1) is 23.8. The number of nitrogens with one attached hydrogen (secondary N) is 1. The second kappa shape index (κ2) is 10.2. The van der Waals surface area contributed by atoms with Crippen LogP contribution in [0, 0.1) is 19.7 Å². The molecule has 0 atom stereocenters. The largest absolute Gasteiger partial charge is 0.491 e. The number of nitrogens with zero attached hydrogens (tertiary/aromatic N) is 1. The van der Waals surface area contributed by atoms with E-state index in [1.54, 1.807) is 13.0 Å². The van der Waals surface area contributed by atoms with E-state index in [0.717, 1.165) is 28.1 Å². The van der Waals surface area contributed by atoms with Crippen LogP contribution >= 0.6 is 11.6 Å². The zero-order valence-electron chi connectivity index (χ0n) is 18.7. The van der Waals surface area contributed by atoms with Gasteiger partial charge in [-0.2, -0.15) is 0 Å². The first-order valence-electron chi connectivity index (χ1n) is 10.5.